The van der Waals surface area contributed by atoms with Crippen molar-refractivity contribution in [3.63, 3.8) is 0 Å². The third kappa shape index (κ3) is 12.8. The van der Waals surface area contributed by atoms with Crippen molar-refractivity contribution < 1.29 is 26.3 Å². The highest BCUT2D eigenvalue weighted by Crippen LogP contribution is 2.35. The van der Waals surface area contributed by atoms with Gasteiger partial charge in [-0.1, -0.05) is 5.57 Å². The molecule has 0 aliphatic heterocycles. The lowest BCUT2D eigenvalue weighted by Crippen LogP contribution is -2.22. The van der Waals surface area contributed by atoms with Crippen molar-refractivity contribution in [2.75, 3.05) is 0 Å². The van der Waals surface area contributed by atoms with Gasteiger partial charge in [0.15, 0.2) is 0 Å². The number of rotatable bonds is 7. The first kappa shape index (κ1) is 31.3. The van der Waals surface area contributed by atoms with E-state index >= 15 is 0 Å². The highest BCUT2D eigenvalue weighted by atomic mass is 19.4. The molecule has 2 rings (SSSR count). The monoisotopic (exact) mass is 514 g/mol. The van der Waals surface area contributed by atoms with Crippen LogP contribution in [0.25, 0.3) is 9.69 Å². The van der Waals surface area contributed by atoms with E-state index in [1.807, 2.05) is 6.07 Å². The van der Waals surface area contributed by atoms with Crippen molar-refractivity contribution >= 4 is 0 Å². The van der Waals surface area contributed by atoms with Crippen LogP contribution in [0.2, 0.25) is 0 Å². The van der Waals surface area contributed by atoms with Crippen LogP contribution in [0, 0.1) is 47.6 Å². The average Bonchev–Trinajstić information content (AvgIpc) is 2.84. The van der Waals surface area contributed by atoms with Crippen molar-refractivity contribution in [2.24, 2.45) is 11.8 Å². The van der Waals surface area contributed by atoms with Gasteiger partial charge >= 0.3 is 12.4 Å². The molecule has 4 nitrogen and oxygen atoms in total. The Bertz CT molecular complexity index is 861. The molecular formula is C26H32F6N4. The molecule has 0 saturated heterocycles. The zero-order valence-corrected chi connectivity index (χ0v) is 20.3. The van der Waals surface area contributed by atoms with Crippen molar-refractivity contribution in [1.29, 1.82) is 10.5 Å². The number of halogens is 6. The predicted octanol–water partition coefficient (Wildman–Crippen LogP) is 8.74. The van der Waals surface area contributed by atoms with Gasteiger partial charge in [-0.2, -0.15) is 36.9 Å². The summed E-state index contributed by atoms with van der Waals surface area (Å²) in [6, 6.07) is 4.24. The number of hydrogen-bond acceptors (Lipinski definition) is 2. The summed E-state index contributed by atoms with van der Waals surface area (Å²) in [7, 11) is 0. The van der Waals surface area contributed by atoms with Gasteiger partial charge in [-0.05, 0) is 57.3 Å². The Hall–Kier alpha value is -2.72. The van der Waals surface area contributed by atoms with E-state index < -0.39 is 25.2 Å². The fourth-order valence-corrected chi connectivity index (χ4v) is 4.72. The molecule has 0 amide bonds. The fourth-order valence-electron chi connectivity index (χ4n) is 4.72. The van der Waals surface area contributed by atoms with E-state index in [1.165, 1.54) is 0 Å². The van der Waals surface area contributed by atoms with Crippen LogP contribution in [0.5, 0.6) is 0 Å². The standard InChI is InChI=1S/C13H17F3N2.C13H15F3N2/c2*1-18-12-6-4-10(5-7-12)11(9-17)3-2-8-13(14,15)16/h10-12H,2-8H2;12H,2-8H2. The van der Waals surface area contributed by atoms with Gasteiger partial charge in [-0.15, -0.1) is 0 Å². The van der Waals surface area contributed by atoms with E-state index in [-0.39, 0.29) is 43.2 Å². The molecule has 0 heterocycles. The van der Waals surface area contributed by atoms with Crippen LogP contribution in [0.4, 0.5) is 26.3 Å². The summed E-state index contributed by atoms with van der Waals surface area (Å²) in [4.78, 5) is 6.94. The van der Waals surface area contributed by atoms with Crippen molar-refractivity contribution in [2.45, 2.75) is 114 Å². The molecule has 0 aromatic rings. The lowest BCUT2D eigenvalue weighted by molar-refractivity contribution is -0.136. The summed E-state index contributed by atoms with van der Waals surface area (Å²) in [5, 5.41) is 18.0. The van der Waals surface area contributed by atoms with Gasteiger partial charge in [0.25, 0.3) is 0 Å². The molecule has 0 bridgehead atoms. The van der Waals surface area contributed by atoms with E-state index in [4.69, 9.17) is 23.7 Å². The minimum Gasteiger partial charge on any atom is -0.314 e. The summed E-state index contributed by atoms with van der Waals surface area (Å²) >= 11 is 0. The Morgan fingerprint density at radius 2 is 1.33 bits per heavy atom. The van der Waals surface area contributed by atoms with Crippen molar-refractivity contribution in [3.8, 4) is 12.1 Å². The van der Waals surface area contributed by atoms with Crippen molar-refractivity contribution in [1.82, 2.24) is 0 Å². The Morgan fingerprint density at radius 1 is 0.833 bits per heavy atom. The Balaban J connectivity index is 0.000000360. The van der Waals surface area contributed by atoms with E-state index in [2.05, 4.69) is 15.8 Å². The van der Waals surface area contributed by atoms with Crippen LogP contribution in [-0.4, -0.2) is 24.4 Å². The lowest BCUT2D eigenvalue weighted by atomic mass is 9.77. The van der Waals surface area contributed by atoms with E-state index in [1.54, 1.807) is 0 Å². The normalized spacial score (nSPS) is 23.1. The van der Waals surface area contributed by atoms with Gasteiger partial charge in [-0.25, -0.2) is 13.1 Å². The van der Waals surface area contributed by atoms with Crippen LogP contribution in [-0.2, 0) is 0 Å². The second-order valence-corrected chi connectivity index (χ2v) is 9.46. The minimum absolute atomic E-state index is 0.0175. The van der Waals surface area contributed by atoms with Gasteiger partial charge in [-0.3, -0.25) is 0 Å². The third-order valence-corrected chi connectivity index (χ3v) is 6.82. The molecule has 2 aliphatic rings. The largest absolute Gasteiger partial charge is 0.389 e. The maximum absolute atomic E-state index is 12.0. The second kappa shape index (κ2) is 15.4. The summed E-state index contributed by atoms with van der Waals surface area (Å²) in [6.45, 7) is 13.8. The van der Waals surface area contributed by atoms with Gasteiger partial charge in [0.05, 0.1) is 12.1 Å². The summed E-state index contributed by atoms with van der Waals surface area (Å²) in [6.07, 6.45) is -3.39. The molecule has 2 saturated carbocycles. The van der Waals surface area contributed by atoms with Crippen molar-refractivity contribution in [3.05, 3.63) is 34.0 Å². The number of hydrogen-bond donors (Lipinski definition) is 0. The first-order chi connectivity index (χ1) is 16.9. The molecule has 198 valence electrons. The molecule has 0 spiro atoms. The second-order valence-electron chi connectivity index (χ2n) is 9.46. The van der Waals surface area contributed by atoms with Crippen LogP contribution in [0.3, 0.4) is 0 Å². The average molecular weight is 515 g/mol. The Labute approximate surface area is 209 Å². The number of allylic oxidation sites excluding steroid dienone is 2. The molecule has 0 radical (unpaired) electrons. The van der Waals surface area contributed by atoms with E-state index in [9.17, 15) is 26.3 Å². The zero-order valence-electron chi connectivity index (χ0n) is 20.3. The molecule has 10 heteroatoms. The predicted molar refractivity (Wildman–Crippen MR) is 123 cm³/mol. The molecule has 0 aromatic heterocycles. The van der Waals surface area contributed by atoms with Gasteiger partial charge in [0.1, 0.15) is 0 Å². The number of alkyl halides is 6. The minimum atomic E-state index is -4.15. The molecule has 2 fully saturated rings. The summed E-state index contributed by atoms with van der Waals surface area (Å²) < 4.78 is 72.2. The van der Waals surface area contributed by atoms with Crippen LogP contribution >= 0.6 is 0 Å². The van der Waals surface area contributed by atoms with Crippen LogP contribution in [0.1, 0.15) is 89.9 Å². The lowest BCUT2D eigenvalue weighted by Gasteiger charge is -2.26. The topological polar surface area (TPSA) is 56.3 Å². The van der Waals surface area contributed by atoms with Crippen LogP contribution < -0.4 is 0 Å². The molecular weight excluding hydrogens is 482 g/mol. The maximum Gasteiger partial charge on any atom is 0.389 e. The fraction of sp³-hybridized carbons (Fsp3) is 0.769. The smallest absolute Gasteiger partial charge is 0.314 e. The van der Waals surface area contributed by atoms with Gasteiger partial charge in [0.2, 0.25) is 12.1 Å². The van der Waals surface area contributed by atoms with E-state index in [0.717, 1.165) is 44.1 Å². The molecule has 1 unspecified atom stereocenters. The molecule has 2 aliphatic carbocycles. The zero-order chi connectivity index (χ0) is 27.2. The van der Waals surface area contributed by atoms with E-state index in [0.29, 0.717) is 24.8 Å². The molecule has 1 atom stereocenters. The first-order valence-corrected chi connectivity index (χ1v) is 12.3. The number of nitriles is 2. The SMILES string of the molecule is [C-]#[N+]C1CCC(=C(C#N)CCCC(F)(F)F)CC1.[C-]#[N+]C1CCC(C(C#N)CCCC(F)(F)F)CC1. The van der Waals surface area contributed by atoms with Crippen LogP contribution in [0.15, 0.2) is 11.1 Å². The quantitative estimate of drug-likeness (QED) is 0.194. The maximum atomic E-state index is 12.0. The number of nitrogens with zero attached hydrogens (tertiary/aromatic N) is 4. The highest BCUT2D eigenvalue weighted by Gasteiger charge is 2.32. The highest BCUT2D eigenvalue weighted by molar-refractivity contribution is 5.29. The Kier molecular flexibility index (Phi) is 13.4. The summed E-state index contributed by atoms with van der Waals surface area (Å²) in [5.74, 6) is -0.0970. The molecule has 0 N–H and O–H groups in total. The molecule has 0 aromatic carbocycles. The molecule has 36 heavy (non-hydrogen) atoms. The van der Waals surface area contributed by atoms with Gasteiger partial charge < -0.3 is 9.69 Å². The first-order valence-electron chi connectivity index (χ1n) is 12.3. The van der Waals surface area contributed by atoms with Gasteiger partial charge in [0, 0.05) is 50.0 Å². The third-order valence-electron chi connectivity index (χ3n) is 6.82. The Morgan fingerprint density at radius 3 is 1.78 bits per heavy atom. The summed E-state index contributed by atoms with van der Waals surface area (Å²) in [5.41, 5.74) is 1.46.